The Morgan fingerprint density at radius 3 is 2.32 bits per heavy atom. The second-order valence-corrected chi connectivity index (χ2v) is 7.41. The summed E-state index contributed by atoms with van der Waals surface area (Å²) in [6.45, 7) is 4.31. The van der Waals surface area contributed by atoms with Crippen LogP contribution in [0.25, 0.3) is 0 Å². The molecule has 0 aliphatic heterocycles. The van der Waals surface area contributed by atoms with Crippen LogP contribution in [-0.2, 0) is 16.0 Å². The summed E-state index contributed by atoms with van der Waals surface area (Å²) >= 11 is 3.99. The maximum absolute atomic E-state index is 13.2. The first-order valence-electron chi connectivity index (χ1n) is 9.68. The molecule has 28 heavy (non-hydrogen) atoms. The minimum atomic E-state index is -0.884. The van der Waals surface area contributed by atoms with Crippen LogP contribution in [0.4, 0.5) is 0 Å². The van der Waals surface area contributed by atoms with E-state index < -0.39 is 17.6 Å². The van der Waals surface area contributed by atoms with Gasteiger partial charge in [-0.3, -0.25) is 20.3 Å². The Morgan fingerprint density at radius 1 is 1.21 bits per heavy atom. The number of thiol groups is 1. The highest BCUT2D eigenvalue weighted by molar-refractivity contribution is 7.96. The minimum Gasteiger partial charge on any atom is -0.370 e. The van der Waals surface area contributed by atoms with E-state index in [1.54, 1.807) is 0 Å². The van der Waals surface area contributed by atoms with Crippen molar-refractivity contribution < 1.29 is 9.59 Å². The summed E-state index contributed by atoms with van der Waals surface area (Å²) in [5.41, 5.74) is 11.6. The van der Waals surface area contributed by atoms with Crippen molar-refractivity contribution in [3.8, 4) is 0 Å². The standard InChI is InChI=1S/C20H33N5O2S/c1-3-20(4-2,17(26)15(21)13-14-9-6-5-7-10-14)25-16(18(27)28)11-8-12-24-19(22)23/h5-7,9-10,15-16,25H,3-4,8,11-13,21H2,1-2H3,(H,27,28)(H4,22,23,24). The van der Waals surface area contributed by atoms with E-state index in [4.69, 9.17) is 16.9 Å². The maximum atomic E-state index is 13.2. The molecule has 0 amide bonds. The number of nitrogens with two attached hydrogens (primary N) is 2. The number of guanidine groups is 1. The fourth-order valence-corrected chi connectivity index (χ4v) is 3.50. The lowest BCUT2D eigenvalue weighted by Gasteiger charge is -2.36. The van der Waals surface area contributed by atoms with Gasteiger partial charge in [0.2, 0.25) is 5.12 Å². The van der Waals surface area contributed by atoms with Gasteiger partial charge in [0.15, 0.2) is 11.7 Å². The number of carbonyl (C=O) groups is 2. The number of hydrogen-bond donors (Lipinski definition) is 6. The molecule has 0 spiro atoms. The number of carbonyl (C=O) groups excluding carboxylic acids is 2. The number of ketones is 1. The first kappa shape index (κ1) is 24.1. The fourth-order valence-electron chi connectivity index (χ4n) is 3.31. The van der Waals surface area contributed by atoms with Crippen molar-refractivity contribution in [3.63, 3.8) is 0 Å². The quantitative estimate of drug-likeness (QED) is 0.127. The summed E-state index contributed by atoms with van der Waals surface area (Å²) in [5, 5.41) is 12.8. The van der Waals surface area contributed by atoms with Gasteiger partial charge in [-0.1, -0.05) is 44.2 Å². The molecular weight excluding hydrogens is 374 g/mol. The van der Waals surface area contributed by atoms with Crippen molar-refractivity contribution in [2.45, 2.75) is 63.6 Å². The molecule has 8 heteroatoms. The predicted molar refractivity (Wildman–Crippen MR) is 117 cm³/mol. The van der Waals surface area contributed by atoms with E-state index in [0.717, 1.165) is 5.56 Å². The normalized spacial score (nSPS) is 13.6. The van der Waals surface area contributed by atoms with Gasteiger partial charge in [-0.25, -0.2) is 0 Å². The van der Waals surface area contributed by atoms with Crippen LogP contribution in [0.2, 0.25) is 0 Å². The fraction of sp³-hybridized carbons (Fsp3) is 0.550. The minimum absolute atomic E-state index is 0.0946. The molecule has 1 aromatic carbocycles. The van der Waals surface area contributed by atoms with Crippen LogP contribution in [0.3, 0.4) is 0 Å². The van der Waals surface area contributed by atoms with Gasteiger partial charge in [0.1, 0.15) is 0 Å². The summed E-state index contributed by atoms with van der Waals surface area (Å²) in [6.07, 6.45) is 2.58. The topological polar surface area (TPSA) is 134 Å². The zero-order chi connectivity index (χ0) is 21.2. The van der Waals surface area contributed by atoms with Crippen molar-refractivity contribution >= 4 is 29.5 Å². The average molecular weight is 408 g/mol. The van der Waals surface area contributed by atoms with Gasteiger partial charge in [0.05, 0.1) is 17.6 Å². The molecule has 7 N–H and O–H groups in total. The highest BCUT2D eigenvalue weighted by atomic mass is 32.1. The molecule has 0 radical (unpaired) electrons. The molecule has 0 saturated heterocycles. The second-order valence-electron chi connectivity index (χ2n) is 6.97. The molecule has 0 bridgehead atoms. The van der Waals surface area contributed by atoms with Crippen molar-refractivity contribution in [1.82, 2.24) is 10.6 Å². The molecule has 0 aromatic heterocycles. The van der Waals surface area contributed by atoms with Gasteiger partial charge in [-0.05, 0) is 37.7 Å². The third-order valence-corrected chi connectivity index (χ3v) is 5.36. The average Bonchev–Trinajstić information content (AvgIpc) is 2.67. The van der Waals surface area contributed by atoms with E-state index in [9.17, 15) is 9.59 Å². The predicted octanol–water partition coefficient (Wildman–Crippen LogP) is 1.36. The zero-order valence-corrected chi connectivity index (χ0v) is 17.6. The molecule has 0 fully saturated rings. The Bertz CT molecular complexity index is 649. The lowest BCUT2D eigenvalue weighted by molar-refractivity contribution is -0.128. The van der Waals surface area contributed by atoms with Crippen LogP contribution in [0, 0.1) is 5.41 Å². The molecule has 0 aliphatic rings. The Hall–Kier alpha value is -1.90. The molecule has 156 valence electrons. The van der Waals surface area contributed by atoms with E-state index in [1.165, 1.54) is 0 Å². The van der Waals surface area contributed by atoms with Gasteiger partial charge < -0.3 is 16.8 Å². The van der Waals surface area contributed by atoms with Gasteiger partial charge in [-0.2, -0.15) is 0 Å². The van der Waals surface area contributed by atoms with Crippen LogP contribution in [-0.4, -0.2) is 41.0 Å². The van der Waals surface area contributed by atoms with E-state index in [0.29, 0.717) is 38.6 Å². The van der Waals surface area contributed by atoms with Gasteiger partial charge >= 0.3 is 0 Å². The van der Waals surface area contributed by atoms with E-state index in [-0.39, 0.29) is 16.9 Å². The number of hydrogen-bond acceptors (Lipinski definition) is 5. The summed E-state index contributed by atoms with van der Waals surface area (Å²) in [6, 6.07) is 8.41. The Balaban J connectivity index is 2.85. The molecule has 0 heterocycles. The molecular formula is C20H33N5O2S. The molecule has 2 unspecified atom stereocenters. The number of nitrogens with one attached hydrogen (secondary N) is 3. The van der Waals surface area contributed by atoms with E-state index in [1.807, 2.05) is 44.2 Å². The van der Waals surface area contributed by atoms with Gasteiger partial charge in [0.25, 0.3) is 0 Å². The van der Waals surface area contributed by atoms with Crippen LogP contribution in [0.15, 0.2) is 30.3 Å². The lowest BCUT2D eigenvalue weighted by Crippen LogP contribution is -2.61. The molecule has 0 saturated carbocycles. The molecule has 0 aliphatic carbocycles. The summed E-state index contributed by atoms with van der Waals surface area (Å²) < 4.78 is 0. The van der Waals surface area contributed by atoms with Crippen molar-refractivity contribution in [2.24, 2.45) is 11.5 Å². The second kappa shape index (κ2) is 11.8. The first-order chi connectivity index (χ1) is 13.3. The van der Waals surface area contributed by atoms with Crippen LogP contribution < -0.4 is 22.1 Å². The number of rotatable bonds is 13. The third-order valence-electron chi connectivity index (χ3n) is 5.05. The largest absolute Gasteiger partial charge is 0.370 e. The zero-order valence-electron chi connectivity index (χ0n) is 16.7. The van der Waals surface area contributed by atoms with E-state index >= 15 is 0 Å². The summed E-state index contributed by atoms with van der Waals surface area (Å²) in [7, 11) is 0. The smallest absolute Gasteiger partial charge is 0.202 e. The highest BCUT2D eigenvalue weighted by Crippen LogP contribution is 2.22. The maximum Gasteiger partial charge on any atom is 0.202 e. The number of Topliss-reactive ketones (excluding diaryl/α,β-unsaturated/α-hetero) is 1. The van der Waals surface area contributed by atoms with Crippen LogP contribution in [0.5, 0.6) is 0 Å². The Labute approximate surface area is 172 Å². The summed E-state index contributed by atoms with van der Waals surface area (Å²) in [4.78, 5) is 25.3. The van der Waals surface area contributed by atoms with Crippen molar-refractivity contribution in [3.05, 3.63) is 35.9 Å². The SMILES string of the molecule is CCC(CC)(NC(CCCNC(=N)N)C(=O)S)C(=O)C(N)Cc1ccccc1. The highest BCUT2D eigenvalue weighted by Gasteiger charge is 2.40. The Kier molecular flexibility index (Phi) is 10.2. The first-order valence-corrected chi connectivity index (χ1v) is 10.1. The Morgan fingerprint density at radius 2 is 1.82 bits per heavy atom. The molecule has 2 atom stereocenters. The van der Waals surface area contributed by atoms with Gasteiger partial charge in [0, 0.05) is 6.54 Å². The van der Waals surface area contributed by atoms with Crippen LogP contribution in [0.1, 0.15) is 45.1 Å². The monoisotopic (exact) mass is 407 g/mol. The van der Waals surface area contributed by atoms with Crippen molar-refractivity contribution in [2.75, 3.05) is 6.54 Å². The number of benzene rings is 1. The van der Waals surface area contributed by atoms with Gasteiger partial charge in [-0.15, -0.1) is 12.6 Å². The van der Waals surface area contributed by atoms with Crippen molar-refractivity contribution in [1.29, 1.82) is 5.41 Å². The molecule has 1 rings (SSSR count). The summed E-state index contributed by atoms with van der Waals surface area (Å²) in [5.74, 6) is -0.206. The van der Waals surface area contributed by atoms with Crippen LogP contribution >= 0.6 is 12.6 Å². The van der Waals surface area contributed by atoms with E-state index in [2.05, 4.69) is 23.3 Å². The lowest BCUT2D eigenvalue weighted by atomic mass is 9.82. The third kappa shape index (κ3) is 7.26. The molecule has 1 aromatic rings. The molecule has 7 nitrogen and oxygen atoms in total.